The summed E-state index contributed by atoms with van der Waals surface area (Å²) in [5.41, 5.74) is 1.32. The van der Waals surface area contributed by atoms with Crippen LogP contribution in [0.1, 0.15) is 16.1 Å². The minimum absolute atomic E-state index is 0.217. The molecule has 0 saturated carbocycles. The standard InChI is InChI=1S/C16H14N2O3/c1-21-14-8-6-13(7-9-14)18-16(20)15-12(5-3-11-19)4-2-10-17-15/h2,4,6-10,19H,11H2,1H3,(H,18,20). The molecule has 1 heterocycles. The molecule has 0 radical (unpaired) electrons. The van der Waals surface area contributed by atoms with Crippen LogP contribution in [0.3, 0.4) is 0 Å². The van der Waals surface area contributed by atoms with Gasteiger partial charge >= 0.3 is 0 Å². The summed E-state index contributed by atoms with van der Waals surface area (Å²) < 4.78 is 5.06. The Morgan fingerprint density at radius 1 is 1.33 bits per heavy atom. The minimum atomic E-state index is -0.358. The van der Waals surface area contributed by atoms with E-state index in [1.54, 1.807) is 43.5 Å². The number of nitrogens with one attached hydrogen (secondary N) is 1. The molecule has 2 rings (SSSR count). The van der Waals surface area contributed by atoms with Gasteiger partial charge in [-0.05, 0) is 36.4 Å². The summed E-state index contributed by atoms with van der Waals surface area (Å²) in [6.45, 7) is -0.269. The SMILES string of the molecule is COc1ccc(NC(=O)c2ncccc2C#CCO)cc1. The van der Waals surface area contributed by atoms with Gasteiger partial charge < -0.3 is 15.2 Å². The molecule has 0 aliphatic carbocycles. The van der Waals surface area contributed by atoms with Gasteiger partial charge in [-0.2, -0.15) is 0 Å². The highest BCUT2D eigenvalue weighted by molar-refractivity contribution is 6.04. The number of anilines is 1. The molecule has 1 aromatic heterocycles. The zero-order valence-corrected chi connectivity index (χ0v) is 11.5. The number of benzene rings is 1. The van der Waals surface area contributed by atoms with Gasteiger partial charge in [-0.25, -0.2) is 4.98 Å². The zero-order chi connectivity index (χ0) is 15.1. The molecule has 5 heteroatoms. The van der Waals surface area contributed by atoms with E-state index in [0.717, 1.165) is 0 Å². The molecule has 2 aromatic rings. The number of hydrogen-bond donors (Lipinski definition) is 2. The summed E-state index contributed by atoms with van der Waals surface area (Å²) >= 11 is 0. The number of pyridine rings is 1. The molecule has 2 N–H and O–H groups in total. The first kappa shape index (κ1) is 14.6. The predicted octanol–water partition coefficient (Wildman–Crippen LogP) is 1.69. The molecule has 0 atom stereocenters. The van der Waals surface area contributed by atoms with Crippen molar-refractivity contribution in [2.45, 2.75) is 0 Å². The maximum Gasteiger partial charge on any atom is 0.275 e. The van der Waals surface area contributed by atoms with E-state index in [0.29, 0.717) is 17.0 Å². The van der Waals surface area contributed by atoms with E-state index in [-0.39, 0.29) is 18.2 Å². The number of hydrogen-bond acceptors (Lipinski definition) is 4. The first-order valence-corrected chi connectivity index (χ1v) is 6.24. The number of aliphatic hydroxyl groups excluding tert-OH is 1. The Balaban J connectivity index is 2.19. The van der Waals surface area contributed by atoms with Crippen molar-refractivity contribution >= 4 is 11.6 Å². The van der Waals surface area contributed by atoms with Gasteiger partial charge in [0.2, 0.25) is 0 Å². The molecule has 0 saturated heterocycles. The van der Waals surface area contributed by atoms with Gasteiger partial charge in [0.15, 0.2) is 0 Å². The number of carbonyl (C=O) groups is 1. The first-order valence-electron chi connectivity index (χ1n) is 6.24. The van der Waals surface area contributed by atoms with Gasteiger partial charge in [-0.15, -0.1) is 0 Å². The van der Waals surface area contributed by atoms with Crippen molar-refractivity contribution in [3.05, 3.63) is 53.9 Å². The Labute approximate surface area is 122 Å². The van der Waals surface area contributed by atoms with Gasteiger partial charge in [-0.3, -0.25) is 4.79 Å². The Morgan fingerprint density at radius 3 is 2.76 bits per heavy atom. The number of carbonyl (C=O) groups excluding carboxylic acids is 1. The highest BCUT2D eigenvalue weighted by Gasteiger charge is 2.11. The number of nitrogens with zero attached hydrogens (tertiary/aromatic N) is 1. The van der Waals surface area contributed by atoms with Crippen molar-refractivity contribution in [2.24, 2.45) is 0 Å². The predicted molar refractivity (Wildman–Crippen MR) is 79.1 cm³/mol. The van der Waals surface area contributed by atoms with Crippen LogP contribution in [0.25, 0.3) is 0 Å². The molecule has 1 amide bonds. The highest BCUT2D eigenvalue weighted by Crippen LogP contribution is 2.16. The summed E-state index contributed by atoms with van der Waals surface area (Å²) in [5, 5.41) is 11.5. The summed E-state index contributed by atoms with van der Waals surface area (Å²) in [6, 6.07) is 10.3. The third kappa shape index (κ3) is 3.81. The maximum absolute atomic E-state index is 12.2. The first-order chi connectivity index (χ1) is 10.2. The Morgan fingerprint density at radius 2 is 2.10 bits per heavy atom. The highest BCUT2D eigenvalue weighted by atomic mass is 16.5. The smallest absolute Gasteiger partial charge is 0.275 e. The van der Waals surface area contributed by atoms with Crippen molar-refractivity contribution in [3.63, 3.8) is 0 Å². The van der Waals surface area contributed by atoms with Gasteiger partial charge in [-0.1, -0.05) is 11.8 Å². The molecule has 5 nitrogen and oxygen atoms in total. The average molecular weight is 282 g/mol. The Bertz CT molecular complexity index is 685. The van der Waals surface area contributed by atoms with E-state index in [4.69, 9.17) is 9.84 Å². The van der Waals surface area contributed by atoms with Gasteiger partial charge in [0.25, 0.3) is 5.91 Å². The van der Waals surface area contributed by atoms with Gasteiger partial charge in [0, 0.05) is 11.9 Å². The fourth-order valence-electron chi connectivity index (χ4n) is 1.69. The van der Waals surface area contributed by atoms with E-state index in [2.05, 4.69) is 22.1 Å². The van der Waals surface area contributed by atoms with Crippen LogP contribution in [0, 0.1) is 11.8 Å². The third-order valence-corrected chi connectivity index (χ3v) is 2.67. The van der Waals surface area contributed by atoms with E-state index < -0.39 is 0 Å². The molecule has 0 bridgehead atoms. The molecule has 0 spiro atoms. The van der Waals surface area contributed by atoms with Gasteiger partial charge in [0.05, 0.1) is 12.7 Å². The van der Waals surface area contributed by atoms with Crippen LogP contribution in [0.4, 0.5) is 5.69 Å². The lowest BCUT2D eigenvalue weighted by atomic mass is 10.2. The largest absolute Gasteiger partial charge is 0.497 e. The van der Waals surface area contributed by atoms with E-state index >= 15 is 0 Å². The molecule has 21 heavy (non-hydrogen) atoms. The molecule has 0 unspecified atom stereocenters. The lowest BCUT2D eigenvalue weighted by Gasteiger charge is -2.07. The lowest BCUT2D eigenvalue weighted by molar-refractivity contribution is 0.102. The molecule has 0 fully saturated rings. The van der Waals surface area contributed by atoms with Crippen LogP contribution in [-0.2, 0) is 0 Å². The van der Waals surface area contributed by atoms with Crippen molar-refractivity contribution in [1.82, 2.24) is 4.98 Å². The quantitative estimate of drug-likeness (QED) is 0.840. The molecular formula is C16H14N2O3. The minimum Gasteiger partial charge on any atom is -0.497 e. The lowest BCUT2D eigenvalue weighted by Crippen LogP contribution is -2.15. The molecular weight excluding hydrogens is 268 g/mol. The van der Waals surface area contributed by atoms with Crippen LogP contribution in [-0.4, -0.2) is 29.7 Å². The van der Waals surface area contributed by atoms with Gasteiger partial charge in [0.1, 0.15) is 18.1 Å². The third-order valence-electron chi connectivity index (χ3n) is 2.67. The van der Waals surface area contributed by atoms with E-state index in [9.17, 15) is 4.79 Å². The van der Waals surface area contributed by atoms with Crippen molar-refractivity contribution in [2.75, 3.05) is 19.0 Å². The summed E-state index contributed by atoms with van der Waals surface area (Å²) in [6.07, 6.45) is 1.52. The summed E-state index contributed by atoms with van der Waals surface area (Å²) in [5.74, 6) is 5.56. The number of methoxy groups -OCH3 is 1. The fourth-order valence-corrected chi connectivity index (χ4v) is 1.69. The number of aliphatic hydroxyl groups is 1. The number of ether oxygens (including phenoxy) is 1. The number of amides is 1. The molecule has 0 aliphatic rings. The molecule has 106 valence electrons. The van der Waals surface area contributed by atoms with Crippen LogP contribution < -0.4 is 10.1 Å². The topological polar surface area (TPSA) is 71.5 Å². The number of aromatic nitrogens is 1. The Kier molecular flexibility index (Phi) is 4.91. The van der Waals surface area contributed by atoms with Crippen molar-refractivity contribution in [3.8, 4) is 17.6 Å². The van der Waals surface area contributed by atoms with Crippen molar-refractivity contribution < 1.29 is 14.6 Å². The summed E-state index contributed by atoms with van der Waals surface area (Å²) in [4.78, 5) is 16.3. The average Bonchev–Trinajstić information content (AvgIpc) is 2.54. The normalized spacial score (nSPS) is 9.43. The second kappa shape index (κ2) is 7.08. The van der Waals surface area contributed by atoms with E-state index in [1.165, 1.54) is 6.20 Å². The number of rotatable bonds is 3. The maximum atomic E-state index is 12.2. The summed E-state index contributed by atoms with van der Waals surface area (Å²) in [7, 11) is 1.58. The second-order valence-electron chi connectivity index (χ2n) is 4.04. The second-order valence-corrected chi connectivity index (χ2v) is 4.04. The van der Waals surface area contributed by atoms with Crippen LogP contribution in [0.5, 0.6) is 5.75 Å². The monoisotopic (exact) mass is 282 g/mol. The molecule has 0 aliphatic heterocycles. The molecule has 1 aromatic carbocycles. The van der Waals surface area contributed by atoms with Crippen LogP contribution in [0.2, 0.25) is 0 Å². The fraction of sp³-hybridized carbons (Fsp3) is 0.125. The van der Waals surface area contributed by atoms with Crippen LogP contribution in [0.15, 0.2) is 42.6 Å². The van der Waals surface area contributed by atoms with E-state index in [1.807, 2.05) is 0 Å². The van der Waals surface area contributed by atoms with Crippen molar-refractivity contribution in [1.29, 1.82) is 0 Å². The Hall–Kier alpha value is -2.84. The van der Waals surface area contributed by atoms with Crippen LogP contribution >= 0.6 is 0 Å². The zero-order valence-electron chi connectivity index (χ0n) is 11.5.